The number of nitrogens with one attached hydrogen (secondary N) is 1. The van der Waals surface area contributed by atoms with Gasteiger partial charge in [-0.1, -0.05) is 26.0 Å². The third-order valence-corrected chi connectivity index (χ3v) is 3.61. The average molecular weight is 319 g/mol. The maximum absolute atomic E-state index is 13.3. The zero-order valence-corrected chi connectivity index (χ0v) is 13.3. The molecule has 1 N–H and O–H groups in total. The second kappa shape index (κ2) is 7.22. The predicted molar refractivity (Wildman–Crippen MR) is 84.4 cm³/mol. The van der Waals surface area contributed by atoms with E-state index in [-0.39, 0.29) is 17.5 Å². The number of methoxy groups -OCH3 is 1. The first-order valence-electron chi connectivity index (χ1n) is 7.32. The highest BCUT2D eigenvalue weighted by atomic mass is 19.2. The number of hydrogen-bond donors (Lipinski definition) is 1. The Morgan fingerprint density at radius 2 is 1.70 bits per heavy atom. The van der Waals surface area contributed by atoms with Gasteiger partial charge in [-0.25, -0.2) is 8.78 Å². The molecule has 0 aliphatic carbocycles. The summed E-state index contributed by atoms with van der Waals surface area (Å²) in [6, 6.07) is 10.2. The highest BCUT2D eigenvalue weighted by Gasteiger charge is 2.20. The Bertz CT molecular complexity index is 684. The van der Waals surface area contributed by atoms with Crippen LogP contribution in [-0.2, 0) is 0 Å². The van der Waals surface area contributed by atoms with E-state index in [9.17, 15) is 13.6 Å². The number of ether oxygens (including phenoxy) is 1. The summed E-state index contributed by atoms with van der Waals surface area (Å²) >= 11 is 0. The van der Waals surface area contributed by atoms with Crippen molar-refractivity contribution in [1.29, 1.82) is 0 Å². The van der Waals surface area contributed by atoms with Crippen LogP contribution >= 0.6 is 0 Å². The summed E-state index contributed by atoms with van der Waals surface area (Å²) in [5.74, 6) is -1.61. The molecule has 1 atom stereocenters. The summed E-state index contributed by atoms with van der Waals surface area (Å²) in [6.45, 7) is 3.95. The summed E-state index contributed by atoms with van der Waals surface area (Å²) in [5.41, 5.74) is 1.000. The van der Waals surface area contributed by atoms with E-state index in [4.69, 9.17) is 4.74 Å². The monoisotopic (exact) mass is 319 g/mol. The van der Waals surface area contributed by atoms with E-state index in [1.54, 1.807) is 7.11 Å². The molecule has 0 fully saturated rings. The summed E-state index contributed by atoms with van der Waals surface area (Å²) in [7, 11) is 1.58. The van der Waals surface area contributed by atoms with E-state index in [0.717, 1.165) is 23.4 Å². The SMILES string of the molecule is COc1ccc(C(NC(=O)c2ccc(F)c(F)c2)C(C)C)cc1. The van der Waals surface area contributed by atoms with Gasteiger partial charge in [-0.15, -0.1) is 0 Å². The lowest BCUT2D eigenvalue weighted by atomic mass is 9.95. The molecule has 0 bridgehead atoms. The van der Waals surface area contributed by atoms with Crippen molar-refractivity contribution in [3.63, 3.8) is 0 Å². The molecule has 0 aromatic heterocycles. The molecule has 1 amide bonds. The van der Waals surface area contributed by atoms with Crippen molar-refractivity contribution in [1.82, 2.24) is 5.32 Å². The van der Waals surface area contributed by atoms with E-state index in [1.165, 1.54) is 6.07 Å². The number of carbonyl (C=O) groups is 1. The largest absolute Gasteiger partial charge is 0.497 e. The number of amides is 1. The summed E-state index contributed by atoms with van der Waals surface area (Å²) in [6.07, 6.45) is 0. The lowest BCUT2D eigenvalue weighted by molar-refractivity contribution is 0.0925. The van der Waals surface area contributed by atoms with Crippen LogP contribution in [-0.4, -0.2) is 13.0 Å². The number of halogens is 2. The van der Waals surface area contributed by atoms with E-state index in [0.29, 0.717) is 0 Å². The first-order chi connectivity index (χ1) is 10.9. The molecular formula is C18H19F2NO2. The van der Waals surface area contributed by atoms with Gasteiger partial charge in [-0.2, -0.15) is 0 Å². The minimum absolute atomic E-state index is 0.0862. The predicted octanol–water partition coefficient (Wildman–Crippen LogP) is 4.10. The standard InChI is InChI=1S/C18H19F2NO2/c1-11(2)17(12-4-7-14(23-3)8-5-12)21-18(22)13-6-9-15(19)16(20)10-13/h4-11,17H,1-3H3,(H,21,22). The first-order valence-corrected chi connectivity index (χ1v) is 7.32. The van der Waals surface area contributed by atoms with Gasteiger partial charge in [0.25, 0.3) is 5.91 Å². The van der Waals surface area contributed by atoms with Gasteiger partial charge in [0.05, 0.1) is 13.2 Å². The maximum Gasteiger partial charge on any atom is 0.251 e. The molecule has 2 aromatic rings. The van der Waals surface area contributed by atoms with Crippen LogP contribution in [0.5, 0.6) is 5.75 Å². The molecule has 0 aliphatic rings. The molecule has 0 aliphatic heterocycles. The van der Waals surface area contributed by atoms with Crippen molar-refractivity contribution in [3.05, 3.63) is 65.2 Å². The highest BCUT2D eigenvalue weighted by molar-refractivity contribution is 5.94. The molecule has 5 heteroatoms. The Morgan fingerprint density at radius 1 is 1.04 bits per heavy atom. The van der Waals surface area contributed by atoms with Crippen LogP contribution in [0.4, 0.5) is 8.78 Å². The zero-order chi connectivity index (χ0) is 17.0. The van der Waals surface area contributed by atoms with Crippen LogP contribution in [0.1, 0.15) is 35.8 Å². The van der Waals surface area contributed by atoms with Crippen LogP contribution < -0.4 is 10.1 Å². The van der Waals surface area contributed by atoms with Crippen molar-refractivity contribution in [3.8, 4) is 5.75 Å². The smallest absolute Gasteiger partial charge is 0.251 e. The summed E-state index contributed by atoms with van der Waals surface area (Å²) < 4.78 is 31.4. The van der Waals surface area contributed by atoms with Crippen LogP contribution in [0.25, 0.3) is 0 Å². The summed E-state index contributed by atoms with van der Waals surface area (Å²) in [5, 5.41) is 2.86. The van der Waals surface area contributed by atoms with Crippen LogP contribution in [0.2, 0.25) is 0 Å². The van der Waals surface area contributed by atoms with Gasteiger partial charge in [0, 0.05) is 5.56 Å². The third-order valence-electron chi connectivity index (χ3n) is 3.61. The van der Waals surface area contributed by atoms with E-state index in [1.807, 2.05) is 38.1 Å². The molecule has 3 nitrogen and oxygen atoms in total. The average Bonchev–Trinajstić information content (AvgIpc) is 2.54. The normalized spacial score (nSPS) is 12.1. The molecular weight excluding hydrogens is 300 g/mol. The molecule has 0 saturated heterocycles. The van der Waals surface area contributed by atoms with Gasteiger partial charge >= 0.3 is 0 Å². The molecule has 122 valence electrons. The molecule has 0 heterocycles. The number of carbonyl (C=O) groups excluding carboxylic acids is 1. The minimum Gasteiger partial charge on any atom is -0.497 e. The third kappa shape index (κ3) is 4.06. The number of benzene rings is 2. The minimum atomic E-state index is -1.04. The molecule has 0 spiro atoms. The zero-order valence-electron chi connectivity index (χ0n) is 13.3. The van der Waals surface area contributed by atoms with Crippen LogP contribution in [0.15, 0.2) is 42.5 Å². The fraction of sp³-hybridized carbons (Fsp3) is 0.278. The Hall–Kier alpha value is -2.43. The first kappa shape index (κ1) is 16.9. The Balaban J connectivity index is 2.21. The van der Waals surface area contributed by atoms with Crippen molar-refractivity contribution in [2.75, 3.05) is 7.11 Å². The van der Waals surface area contributed by atoms with Gasteiger partial charge in [-0.05, 0) is 41.8 Å². The molecule has 0 radical (unpaired) electrons. The van der Waals surface area contributed by atoms with Crippen molar-refractivity contribution >= 4 is 5.91 Å². The Morgan fingerprint density at radius 3 is 2.22 bits per heavy atom. The second-order valence-electron chi connectivity index (χ2n) is 5.60. The van der Waals surface area contributed by atoms with Crippen LogP contribution in [0, 0.1) is 17.6 Å². The molecule has 23 heavy (non-hydrogen) atoms. The second-order valence-corrected chi connectivity index (χ2v) is 5.60. The van der Waals surface area contributed by atoms with Gasteiger partial charge in [-0.3, -0.25) is 4.79 Å². The van der Waals surface area contributed by atoms with E-state index >= 15 is 0 Å². The molecule has 1 unspecified atom stereocenters. The highest BCUT2D eigenvalue weighted by Crippen LogP contribution is 2.24. The fourth-order valence-electron chi connectivity index (χ4n) is 2.31. The number of rotatable bonds is 5. The van der Waals surface area contributed by atoms with Crippen molar-refractivity contribution < 1.29 is 18.3 Å². The van der Waals surface area contributed by atoms with E-state index in [2.05, 4.69) is 5.32 Å². The Labute approximate surface area is 134 Å². The maximum atomic E-state index is 13.3. The van der Waals surface area contributed by atoms with Gasteiger partial charge in [0.2, 0.25) is 0 Å². The molecule has 2 rings (SSSR count). The lowest BCUT2D eigenvalue weighted by Gasteiger charge is -2.23. The van der Waals surface area contributed by atoms with Crippen molar-refractivity contribution in [2.45, 2.75) is 19.9 Å². The fourth-order valence-corrected chi connectivity index (χ4v) is 2.31. The Kier molecular flexibility index (Phi) is 5.32. The van der Waals surface area contributed by atoms with E-state index < -0.39 is 17.5 Å². The molecule has 0 saturated carbocycles. The lowest BCUT2D eigenvalue weighted by Crippen LogP contribution is -2.31. The van der Waals surface area contributed by atoms with Gasteiger partial charge in [0.15, 0.2) is 11.6 Å². The topological polar surface area (TPSA) is 38.3 Å². The molecule has 2 aromatic carbocycles. The van der Waals surface area contributed by atoms with Gasteiger partial charge in [0.1, 0.15) is 5.75 Å². The quantitative estimate of drug-likeness (QED) is 0.901. The van der Waals surface area contributed by atoms with Crippen LogP contribution in [0.3, 0.4) is 0 Å². The van der Waals surface area contributed by atoms with Crippen molar-refractivity contribution in [2.24, 2.45) is 5.92 Å². The van der Waals surface area contributed by atoms with Gasteiger partial charge < -0.3 is 10.1 Å². The number of hydrogen-bond acceptors (Lipinski definition) is 2. The summed E-state index contributed by atoms with van der Waals surface area (Å²) in [4.78, 5) is 12.3.